The van der Waals surface area contributed by atoms with Gasteiger partial charge in [0.2, 0.25) is 11.8 Å². The summed E-state index contributed by atoms with van der Waals surface area (Å²) in [7, 11) is -5.23. The van der Waals surface area contributed by atoms with Crippen molar-refractivity contribution in [2.45, 2.75) is 38.6 Å². The molecular weight excluding hydrogens is 1160 g/mol. The van der Waals surface area contributed by atoms with Crippen molar-refractivity contribution in [2.75, 3.05) is 43.4 Å². The van der Waals surface area contributed by atoms with Crippen molar-refractivity contribution in [1.82, 2.24) is 48.1 Å². The summed E-state index contributed by atoms with van der Waals surface area (Å²) in [6.07, 6.45) is 5.66. The van der Waals surface area contributed by atoms with Gasteiger partial charge in [-0.05, 0) is 97.5 Å². The van der Waals surface area contributed by atoms with Gasteiger partial charge in [0.25, 0.3) is 11.1 Å². The van der Waals surface area contributed by atoms with Gasteiger partial charge in [-0.2, -0.15) is 35.6 Å². The van der Waals surface area contributed by atoms with Crippen molar-refractivity contribution in [3.8, 4) is 45.6 Å². The number of rotatable bonds is 12. The minimum Gasteiger partial charge on any atom is -0.479 e. The van der Waals surface area contributed by atoms with Crippen LogP contribution in [0.3, 0.4) is 0 Å². The Hall–Kier alpha value is -8.57. The summed E-state index contributed by atoms with van der Waals surface area (Å²) in [5.41, 5.74) is 2.38. The average molecular weight is 1210 g/mol. The predicted octanol–water partition coefficient (Wildman–Crippen LogP) is 7.65. The van der Waals surface area contributed by atoms with Gasteiger partial charge in [0.05, 0.1) is 20.8 Å². The lowest BCUT2D eigenvalue weighted by molar-refractivity contribution is 0.170. The molecule has 1 fully saturated rings. The number of nitrogens with zero attached hydrogens (tertiary/aromatic N) is 10. The maximum Gasteiger partial charge on any atom is 0.425 e. The zero-order chi connectivity index (χ0) is 58.5. The van der Waals surface area contributed by atoms with E-state index in [1.165, 1.54) is 94.7 Å². The van der Waals surface area contributed by atoms with Gasteiger partial charge in [0, 0.05) is 88.7 Å². The molecule has 11 rings (SSSR count). The summed E-state index contributed by atoms with van der Waals surface area (Å²) in [4.78, 5) is 45.1. The number of pyridine rings is 4. The number of nitrogens with one attached hydrogen (secondary N) is 2. The fourth-order valence-corrected chi connectivity index (χ4v) is 11.7. The second kappa shape index (κ2) is 24.7. The molecule has 0 bridgehead atoms. The van der Waals surface area contributed by atoms with Gasteiger partial charge in [-0.3, -0.25) is 23.4 Å². The smallest absolute Gasteiger partial charge is 0.425 e. The Labute approximate surface area is 474 Å². The Balaban J connectivity index is 0.000000161. The average Bonchev–Trinajstić information content (AvgIpc) is 3.58. The maximum absolute atomic E-state index is 15.3. The number of fused-ring (bicyclic) bond motifs is 2. The lowest BCUT2D eigenvalue weighted by Gasteiger charge is -2.29. The van der Waals surface area contributed by atoms with Crippen LogP contribution < -0.4 is 30.0 Å². The predicted molar refractivity (Wildman–Crippen MR) is 291 cm³/mol. The molecule has 0 radical (unpaired) electrons. The minimum absolute atomic E-state index is 0.00553. The molecule has 8 aromatic rings. The fraction of sp³-hybridized carbons (Fsp3) is 0.212. The molecule has 2 aliphatic heterocycles. The van der Waals surface area contributed by atoms with E-state index in [9.17, 15) is 44.4 Å². The van der Waals surface area contributed by atoms with Crippen molar-refractivity contribution in [3.05, 3.63) is 186 Å². The van der Waals surface area contributed by atoms with Gasteiger partial charge in [0.1, 0.15) is 41.0 Å². The number of methoxy groups -OCH3 is 2. The van der Waals surface area contributed by atoms with Crippen molar-refractivity contribution in [2.24, 2.45) is 0 Å². The number of halogens is 6. The monoisotopic (exact) mass is 1210 g/mol. The van der Waals surface area contributed by atoms with Crippen LogP contribution in [0, 0.1) is 23.3 Å². The van der Waals surface area contributed by atoms with Crippen molar-refractivity contribution in [1.29, 1.82) is 0 Å². The second-order valence-electron chi connectivity index (χ2n) is 17.9. The van der Waals surface area contributed by atoms with Crippen molar-refractivity contribution < 1.29 is 53.4 Å². The van der Waals surface area contributed by atoms with E-state index >= 15 is 4.39 Å². The number of hydrogen-bond acceptors (Lipinski definition) is 16. The Bertz CT molecular complexity index is 4060. The summed E-state index contributed by atoms with van der Waals surface area (Å²) >= 11 is 11.8. The molecule has 0 saturated carbocycles. The number of benzene rings is 2. The first kappa shape index (κ1) is 58.1. The first-order valence-electron chi connectivity index (χ1n) is 24.4. The zero-order valence-electron chi connectivity index (χ0n) is 42.9. The molecular formula is C52H44Cl2F4N12O10S2. The molecule has 8 heterocycles. The van der Waals surface area contributed by atoms with E-state index in [-0.39, 0.29) is 106 Å². The Kier molecular flexibility index (Phi) is 17.5. The molecule has 1 amide bonds. The zero-order valence-corrected chi connectivity index (χ0v) is 46.0. The molecule has 0 atom stereocenters. The van der Waals surface area contributed by atoms with Crippen LogP contribution in [0.25, 0.3) is 33.9 Å². The lowest BCUT2D eigenvalue weighted by atomic mass is 9.95. The van der Waals surface area contributed by atoms with E-state index in [1.807, 2.05) is 6.07 Å². The van der Waals surface area contributed by atoms with Crippen LogP contribution in [-0.4, -0.2) is 105 Å². The van der Waals surface area contributed by atoms with Crippen LogP contribution in [0.2, 0.25) is 10.0 Å². The molecule has 3 aliphatic rings. The minimum atomic E-state index is -3.97. The number of anilines is 2. The molecule has 1 aliphatic carbocycles. The van der Waals surface area contributed by atoms with Gasteiger partial charge >= 0.3 is 26.5 Å². The standard InChI is InChI=1S/C24H19ClF2N6O4S.C21H17ClF2N2O2.C7H8N4O4S/c1-37-24-20(12-18(27)23(29-24)15-9-16(25)11-17(26)10-15)33-19-6-8-32(13-14(19)4-5-22(33)34)38(35,36)31-21-3-2-7-28-30-21;1-28-21-18(26-17-5-3-2-4-12(17)6-7-19(26)27)11-16(24)20(25-21)13-8-14(22)10-15(23)9-13;12-7-11(4-5-15-7)16(13,14)10-6-2-1-3-8-9-6/h2-5,7,9-12H,6,8,13H2,1H3,(H,30,31);6-11H,2-5H2,1H3;1-3H,4-5H2,(H,9,10). The number of amides is 1. The third kappa shape index (κ3) is 12.9. The van der Waals surface area contributed by atoms with Crippen molar-refractivity contribution >= 4 is 61.3 Å². The van der Waals surface area contributed by atoms with Gasteiger partial charge in [-0.15, -0.1) is 10.2 Å². The molecule has 30 heteroatoms. The van der Waals surface area contributed by atoms with Gasteiger partial charge in [-0.1, -0.05) is 35.3 Å². The van der Waals surface area contributed by atoms with Crippen LogP contribution >= 0.6 is 23.2 Å². The molecule has 0 unspecified atom stereocenters. The Morgan fingerprint density at radius 2 is 1.10 bits per heavy atom. The second-order valence-corrected chi connectivity index (χ2v) is 22.0. The normalized spacial score (nSPS) is 14.0. The van der Waals surface area contributed by atoms with E-state index in [0.717, 1.165) is 67.3 Å². The highest BCUT2D eigenvalue weighted by atomic mass is 35.5. The molecule has 22 nitrogen and oxygen atoms in total. The summed E-state index contributed by atoms with van der Waals surface area (Å²) in [5, 5.41) is 14.6. The summed E-state index contributed by atoms with van der Waals surface area (Å²) in [6, 6.07) is 21.5. The number of aryl methyl sites for hydroxylation is 1. The van der Waals surface area contributed by atoms with Crippen LogP contribution in [-0.2, 0) is 51.0 Å². The molecule has 0 spiro atoms. The summed E-state index contributed by atoms with van der Waals surface area (Å²) in [6.45, 7) is 0.0299. The van der Waals surface area contributed by atoms with Crippen molar-refractivity contribution in [3.63, 3.8) is 0 Å². The van der Waals surface area contributed by atoms with E-state index in [1.54, 1.807) is 6.07 Å². The Morgan fingerprint density at radius 1 is 0.598 bits per heavy atom. The molecule has 1 saturated heterocycles. The first-order chi connectivity index (χ1) is 39.2. The van der Waals surface area contributed by atoms with Crippen LogP contribution in [0.15, 0.2) is 119 Å². The molecule has 2 N–H and O–H groups in total. The number of ether oxygens (including phenoxy) is 3. The van der Waals surface area contributed by atoms with Gasteiger partial charge in [-0.25, -0.2) is 37.0 Å². The highest BCUT2D eigenvalue weighted by molar-refractivity contribution is 7.91. The van der Waals surface area contributed by atoms with Crippen LogP contribution in [0.1, 0.15) is 35.4 Å². The van der Waals surface area contributed by atoms with Crippen LogP contribution in [0.4, 0.5) is 34.0 Å². The lowest BCUT2D eigenvalue weighted by Crippen LogP contribution is -2.41. The SMILES string of the molecule is COc1nc(-c2cc(F)cc(Cl)c2)c(F)cc1-n1c2c(ccc1=O)CCCC2.COc1nc(-c2cc(F)cc(Cl)c2)c(F)cc1-n1c2c(ccc1=O)CN(S(=O)(=O)Nc1cccnn1)CC2.O=C1OCCN1S(=O)(=O)Nc1cccnn1. The quantitative estimate of drug-likeness (QED) is 0.111. The van der Waals surface area contributed by atoms with Gasteiger partial charge in [0.15, 0.2) is 23.3 Å². The third-order valence-electron chi connectivity index (χ3n) is 12.6. The topological polar surface area (TPSA) is 265 Å². The van der Waals surface area contributed by atoms with E-state index < -0.39 is 55.3 Å². The third-order valence-corrected chi connectivity index (χ3v) is 15.9. The highest BCUT2D eigenvalue weighted by Gasteiger charge is 2.34. The Morgan fingerprint density at radius 3 is 1.57 bits per heavy atom. The molecule has 426 valence electrons. The number of carbonyl (C=O) groups is 1. The molecule has 2 aromatic carbocycles. The van der Waals surface area contributed by atoms with E-state index in [0.29, 0.717) is 15.6 Å². The number of aromatic nitrogens is 8. The molecule has 82 heavy (non-hydrogen) atoms. The van der Waals surface area contributed by atoms with E-state index in [4.69, 9.17) is 32.7 Å². The summed E-state index contributed by atoms with van der Waals surface area (Å²) < 4.78 is 131. The van der Waals surface area contributed by atoms with Gasteiger partial charge < -0.3 is 14.2 Å². The largest absolute Gasteiger partial charge is 0.479 e. The number of carbonyl (C=O) groups excluding carboxylic acids is 1. The van der Waals surface area contributed by atoms with E-state index in [2.05, 4.69) is 44.5 Å². The number of cyclic esters (lactones) is 1. The molecule has 6 aromatic heterocycles. The maximum atomic E-state index is 15.3. The number of hydrogen-bond donors (Lipinski definition) is 2. The first-order valence-corrected chi connectivity index (χ1v) is 28.1. The van der Waals surface area contributed by atoms with Crippen LogP contribution in [0.5, 0.6) is 11.8 Å². The summed E-state index contributed by atoms with van der Waals surface area (Å²) in [5.74, 6) is -2.69. The fourth-order valence-electron chi connectivity index (χ4n) is 9.02. The highest BCUT2D eigenvalue weighted by Crippen LogP contribution is 2.35.